The molecule has 0 saturated carbocycles. The van der Waals surface area contributed by atoms with Gasteiger partial charge < -0.3 is 9.79 Å². The first kappa shape index (κ1) is 13.4. The van der Waals surface area contributed by atoms with E-state index in [9.17, 15) is 19.1 Å². The third-order valence-electron chi connectivity index (χ3n) is 3.27. The van der Waals surface area contributed by atoms with Crippen molar-refractivity contribution < 1.29 is 19.1 Å². The number of nitrogens with zero attached hydrogens (tertiary/aromatic N) is 1. The van der Waals surface area contributed by atoms with Crippen molar-refractivity contribution in [3.05, 3.63) is 35.9 Å². The molecule has 6 heteroatoms. The van der Waals surface area contributed by atoms with Gasteiger partial charge in [0.15, 0.2) is 11.6 Å². The van der Waals surface area contributed by atoms with Gasteiger partial charge in [-0.15, -0.1) is 0 Å². The maximum Gasteiger partial charge on any atom is 0.350 e. The Balaban J connectivity index is 2.36. The van der Waals surface area contributed by atoms with Crippen molar-refractivity contribution in [1.29, 1.82) is 0 Å². The fourth-order valence-electron chi connectivity index (χ4n) is 2.53. The summed E-state index contributed by atoms with van der Waals surface area (Å²) in [6.45, 7) is 2.23. The summed E-state index contributed by atoms with van der Waals surface area (Å²) in [7, 11) is -4.42. The third kappa shape index (κ3) is 2.40. The van der Waals surface area contributed by atoms with E-state index >= 15 is 0 Å². The van der Waals surface area contributed by atoms with Gasteiger partial charge in [-0.3, -0.25) is 14.3 Å². The van der Waals surface area contributed by atoms with Crippen LogP contribution in [0.3, 0.4) is 0 Å². The molecule has 1 aromatic carbocycles. The van der Waals surface area contributed by atoms with Gasteiger partial charge in [0.2, 0.25) is 0 Å². The minimum Gasteiger partial charge on any atom is -0.323 e. The van der Waals surface area contributed by atoms with Crippen molar-refractivity contribution in [2.75, 3.05) is 6.54 Å². The van der Waals surface area contributed by atoms with Crippen molar-refractivity contribution in [2.45, 2.75) is 25.2 Å². The standard InChI is InChI=1S/C12H16NO4P/c1-2-13-10(9-6-4-3-5-7-9)8-11(14)12(13)18(15,16)17/h3-7,10,12H,2,8H2,1H3,(H2,15,16,17). The van der Waals surface area contributed by atoms with Gasteiger partial charge in [0, 0.05) is 12.5 Å². The number of likely N-dealkylation sites (N-methyl/N-ethyl adjacent to an activating group) is 1. The predicted octanol–water partition coefficient (Wildman–Crippen LogP) is 1.53. The van der Waals surface area contributed by atoms with Gasteiger partial charge in [-0.2, -0.15) is 0 Å². The Labute approximate surface area is 106 Å². The summed E-state index contributed by atoms with van der Waals surface area (Å²) in [5.74, 6) is -1.66. The second-order valence-electron chi connectivity index (χ2n) is 4.39. The van der Waals surface area contributed by atoms with E-state index in [1.54, 1.807) is 11.8 Å². The van der Waals surface area contributed by atoms with E-state index in [1.807, 2.05) is 30.3 Å². The molecule has 5 nitrogen and oxygen atoms in total. The maximum atomic E-state index is 11.8. The Bertz CT molecular complexity index is 484. The number of likely N-dealkylation sites (tertiary alicyclic amines) is 1. The van der Waals surface area contributed by atoms with Crippen LogP contribution in [0.4, 0.5) is 0 Å². The molecule has 1 aliphatic heterocycles. The molecular formula is C12H16NO4P. The van der Waals surface area contributed by atoms with E-state index in [0.717, 1.165) is 5.56 Å². The molecule has 1 aliphatic rings. The minimum atomic E-state index is -4.42. The van der Waals surface area contributed by atoms with E-state index in [4.69, 9.17) is 0 Å². The number of ketones is 1. The van der Waals surface area contributed by atoms with Crippen molar-refractivity contribution in [2.24, 2.45) is 0 Å². The highest BCUT2D eigenvalue weighted by atomic mass is 31.2. The van der Waals surface area contributed by atoms with Crippen LogP contribution in [0.15, 0.2) is 30.3 Å². The topological polar surface area (TPSA) is 77.8 Å². The number of benzene rings is 1. The first-order chi connectivity index (χ1) is 8.45. The predicted molar refractivity (Wildman–Crippen MR) is 67.0 cm³/mol. The number of carbonyl (C=O) groups is 1. The lowest BCUT2D eigenvalue weighted by Gasteiger charge is -2.28. The average molecular weight is 269 g/mol. The monoisotopic (exact) mass is 269 g/mol. The van der Waals surface area contributed by atoms with E-state index < -0.39 is 13.4 Å². The Morgan fingerprint density at radius 2 is 1.94 bits per heavy atom. The number of hydrogen-bond acceptors (Lipinski definition) is 3. The Morgan fingerprint density at radius 3 is 2.44 bits per heavy atom. The second kappa shape index (κ2) is 4.94. The first-order valence-electron chi connectivity index (χ1n) is 5.83. The quantitative estimate of drug-likeness (QED) is 0.813. The zero-order valence-corrected chi connectivity index (χ0v) is 11.0. The van der Waals surface area contributed by atoms with E-state index in [0.29, 0.717) is 6.54 Å². The maximum absolute atomic E-state index is 11.8. The molecule has 1 saturated heterocycles. The number of Topliss-reactive ketones (excluding diaryl/α,β-unsaturated/α-hetero) is 1. The lowest BCUT2D eigenvalue weighted by Crippen LogP contribution is -2.34. The zero-order chi connectivity index (χ0) is 13.3. The van der Waals surface area contributed by atoms with Gasteiger partial charge in [0.25, 0.3) is 0 Å². The third-order valence-corrected chi connectivity index (χ3v) is 4.49. The Hall–Kier alpha value is -1.00. The van der Waals surface area contributed by atoms with Gasteiger partial charge in [-0.25, -0.2) is 0 Å². The molecule has 0 bridgehead atoms. The molecule has 98 valence electrons. The van der Waals surface area contributed by atoms with Gasteiger partial charge in [-0.05, 0) is 12.1 Å². The Morgan fingerprint density at radius 1 is 1.33 bits per heavy atom. The molecule has 0 aromatic heterocycles. The second-order valence-corrected chi connectivity index (χ2v) is 6.06. The average Bonchev–Trinajstić information content (AvgIpc) is 2.67. The molecule has 2 atom stereocenters. The molecule has 0 spiro atoms. The molecule has 2 N–H and O–H groups in total. The molecule has 1 heterocycles. The van der Waals surface area contributed by atoms with E-state index in [1.165, 1.54) is 0 Å². The number of rotatable bonds is 3. The summed E-state index contributed by atoms with van der Waals surface area (Å²) in [6, 6.07) is 9.11. The fourth-order valence-corrected chi connectivity index (χ4v) is 3.72. The highest BCUT2D eigenvalue weighted by molar-refractivity contribution is 7.53. The summed E-state index contributed by atoms with van der Waals surface area (Å²) >= 11 is 0. The van der Waals surface area contributed by atoms with Crippen LogP contribution in [0, 0.1) is 0 Å². The van der Waals surface area contributed by atoms with Crippen molar-refractivity contribution in [3.8, 4) is 0 Å². The van der Waals surface area contributed by atoms with Crippen LogP contribution in [-0.4, -0.2) is 32.8 Å². The normalized spacial score (nSPS) is 25.6. The van der Waals surface area contributed by atoms with Crippen molar-refractivity contribution in [3.63, 3.8) is 0 Å². The van der Waals surface area contributed by atoms with E-state index in [2.05, 4.69) is 0 Å². The lowest BCUT2D eigenvalue weighted by atomic mass is 10.0. The SMILES string of the molecule is CCN1C(c2ccccc2)CC(=O)C1P(=O)(O)O. The van der Waals surface area contributed by atoms with Crippen LogP contribution in [0.1, 0.15) is 24.9 Å². The first-order valence-corrected chi connectivity index (χ1v) is 7.52. The molecule has 0 aliphatic carbocycles. The zero-order valence-electron chi connectivity index (χ0n) is 10.1. The molecule has 1 fully saturated rings. The highest BCUT2D eigenvalue weighted by Gasteiger charge is 2.49. The van der Waals surface area contributed by atoms with E-state index in [-0.39, 0.29) is 18.2 Å². The smallest absolute Gasteiger partial charge is 0.323 e. The van der Waals surface area contributed by atoms with Crippen LogP contribution in [0.2, 0.25) is 0 Å². The van der Waals surface area contributed by atoms with Gasteiger partial charge in [-0.1, -0.05) is 37.3 Å². The molecule has 2 unspecified atom stereocenters. The molecule has 1 aromatic rings. The summed E-state index contributed by atoms with van der Waals surface area (Å²) in [4.78, 5) is 32.0. The Kier molecular flexibility index (Phi) is 3.69. The van der Waals surface area contributed by atoms with Crippen LogP contribution >= 0.6 is 7.60 Å². The molecule has 2 rings (SSSR count). The minimum absolute atomic E-state index is 0.160. The van der Waals surface area contributed by atoms with Gasteiger partial charge >= 0.3 is 7.60 Å². The summed E-state index contributed by atoms with van der Waals surface area (Å²) in [5.41, 5.74) is 0.920. The summed E-state index contributed by atoms with van der Waals surface area (Å²) < 4.78 is 11.4. The van der Waals surface area contributed by atoms with Crippen molar-refractivity contribution in [1.82, 2.24) is 4.90 Å². The number of hydrogen-bond donors (Lipinski definition) is 2. The van der Waals surface area contributed by atoms with Crippen LogP contribution in [0.25, 0.3) is 0 Å². The van der Waals surface area contributed by atoms with Crippen molar-refractivity contribution >= 4 is 13.4 Å². The molecule has 0 amide bonds. The fraction of sp³-hybridized carbons (Fsp3) is 0.417. The van der Waals surface area contributed by atoms with Gasteiger partial charge in [0.1, 0.15) is 0 Å². The number of carbonyl (C=O) groups excluding carboxylic acids is 1. The summed E-state index contributed by atoms with van der Waals surface area (Å²) in [6.07, 6.45) is 0.160. The van der Waals surface area contributed by atoms with Crippen LogP contribution < -0.4 is 0 Å². The lowest BCUT2D eigenvalue weighted by molar-refractivity contribution is -0.118. The molecule has 18 heavy (non-hydrogen) atoms. The molecular weight excluding hydrogens is 253 g/mol. The highest BCUT2D eigenvalue weighted by Crippen LogP contribution is 2.51. The molecule has 0 radical (unpaired) electrons. The van der Waals surface area contributed by atoms with Crippen LogP contribution in [0.5, 0.6) is 0 Å². The van der Waals surface area contributed by atoms with Crippen LogP contribution in [-0.2, 0) is 9.36 Å². The van der Waals surface area contributed by atoms with Gasteiger partial charge in [0.05, 0.1) is 0 Å². The largest absolute Gasteiger partial charge is 0.350 e. The summed E-state index contributed by atoms with van der Waals surface area (Å²) in [5, 5.41) is 0.